The lowest BCUT2D eigenvalue weighted by molar-refractivity contribution is 0.0921. The number of rotatable bonds is 8. The maximum absolute atomic E-state index is 12.3. The van der Waals surface area contributed by atoms with E-state index in [9.17, 15) is 9.59 Å². The molecule has 6 rings (SSSR count). The predicted molar refractivity (Wildman–Crippen MR) is 174 cm³/mol. The van der Waals surface area contributed by atoms with E-state index in [0.29, 0.717) is 28.2 Å². The van der Waals surface area contributed by atoms with Gasteiger partial charge in [0.2, 0.25) is 0 Å². The van der Waals surface area contributed by atoms with Crippen LogP contribution in [-0.2, 0) is 0 Å². The van der Waals surface area contributed by atoms with E-state index in [1.807, 2.05) is 18.0 Å². The molecule has 0 saturated heterocycles. The number of ether oxygens (including phenoxy) is 1. The summed E-state index contributed by atoms with van der Waals surface area (Å²) in [6.07, 6.45) is 17.0. The van der Waals surface area contributed by atoms with Crippen LogP contribution in [0.5, 0.6) is 11.5 Å². The molecule has 1 aliphatic rings. The Bertz CT molecular complexity index is 1740. The fraction of sp³-hybridized carbons (Fsp3) is 0.212. The summed E-state index contributed by atoms with van der Waals surface area (Å²) >= 11 is 5.81. The first-order valence-corrected chi connectivity index (χ1v) is 15.1. The van der Waals surface area contributed by atoms with E-state index in [2.05, 4.69) is 40.5 Å². The number of amides is 2. The minimum absolute atomic E-state index is 0.136. The minimum Gasteiger partial charge on any atom is -0.456 e. The number of nitrogens with one attached hydrogen (secondary N) is 2. The molecule has 0 spiro atoms. The van der Waals surface area contributed by atoms with Gasteiger partial charge < -0.3 is 20.3 Å². The second-order valence-corrected chi connectivity index (χ2v) is 10.7. The van der Waals surface area contributed by atoms with Gasteiger partial charge in [-0.15, -0.1) is 0 Å². The third-order valence-corrected chi connectivity index (χ3v) is 7.24. The van der Waals surface area contributed by atoms with Crippen LogP contribution in [0.15, 0.2) is 98.1 Å². The molecular weight excluding hydrogens is 606 g/mol. The van der Waals surface area contributed by atoms with Crippen LogP contribution in [0.2, 0.25) is 5.15 Å². The second-order valence-electron chi connectivity index (χ2n) is 10.3. The highest BCUT2D eigenvalue weighted by Gasteiger charge is 2.18. The molecule has 5 aromatic rings. The molecule has 2 N–H and O–H groups in total. The highest BCUT2D eigenvalue weighted by atomic mass is 35.5. The molecule has 1 aliphatic carbocycles. The molecule has 12 nitrogen and oxygen atoms in total. The Hall–Kier alpha value is -5.49. The predicted octanol–water partition coefficient (Wildman–Crippen LogP) is 6.27. The Balaban J connectivity index is 0.000000182. The highest BCUT2D eigenvalue weighted by Crippen LogP contribution is 2.23. The first-order valence-electron chi connectivity index (χ1n) is 14.7. The van der Waals surface area contributed by atoms with Crippen molar-refractivity contribution in [3.63, 3.8) is 0 Å². The molecule has 0 atom stereocenters. The first kappa shape index (κ1) is 31.9. The lowest BCUT2D eigenvalue weighted by atomic mass is 9.95. The summed E-state index contributed by atoms with van der Waals surface area (Å²) in [5, 5.41) is 6.03. The lowest BCUT2D eigenvalue weighted by Crippen LogP contribution is -2.36. The average Bonchev–Trinajstić information content (AvgIpc) is 3.10. The smallest absolute Gasteiger partial charge is 0.275 e. The second kappa shape index (κ2) is 16.0. The van der Waals surface area contributed by atoms with Crippen molar-refractivity contribution in [2.24, 2.45) is 0 Å². The van der Waals surface area contributed by atoms with Crippen molar-refractivity contribution in [1.82, 2.24) is 35.2 Å². The zero-order valence-corrected chi connectivity index (χ0v) is 25.8. The molecule has 1 saturated carbocycles. The van der Waals surface area contributed by atoms with E-state index in [1.165, 1.54) is 25.6 Å². The maximum atomic E-state index is 12.3. The monoisotopic (exact) mass is 637 g/mol. The van der Waals surface area contributed by atoms with Crippen molar-refractivity contribution < 1.29 is 14.3 Å². The summed E-state index contributed by atoms with van der Waals surface area (Å²) in [5.74, 6) is 1.07. The van der Waals surface area contributed by atoms with Crippen molar-refractivity contribution in [3.05, 3.63) is 115 Å². The number of pyridine rings is 4. The normalized spacial score (nSPS) is 12.7. The molecule has 0 aliphatic heterocycles. The number of halogens is 1. The van der Waals surface area contributed by atoms with Gasteiger partial charge in [-0.05, 0) is 55.3 Å². The van der Waals surface area contributed by atoms with E-state index in [1.54, 1.807) is 85.7 Å². The van der Waals surface area contributed by atoms with Gasteiger partial charge in [0.05, 0.1) is 24.3 Å². The minimum atomic E-state index is -0.371. The number of hydrogen-bond acceptors (Lipinski definition) is 10. The van der Waals surface area contributed by atoms with Crippen LogP contribution in [0.3, 0.4) is 0 Å². The molecule has 0 unspecified atom stereocenters. The number of carbonyl (C=O) groups is 2. The maximum Gasteiger partial charge on any atom is 0.275 e. The first-order chi connectivity index (χ1) is 22.4. The van der Waals surface area contributed by atoms with Crippen LogP contribution in [0.1, 0.15) is 53.1 Å². The quantitative estimate of drug-likeness (QED) is 0.186. The summed E-state index contributed by atoms with van der Waals surface area (Å²) < 4.78 is 5.68. The van der Waals surface area contributed by atoms with Crippen LogP contribution < -0.4 is 20.3 Å². The molecule has 0 bridgehead atoms. The van der Waals surface area contributed by atoms with Crippen LogP contribution in [0, 0.1) is 0 Å². The molecule has 5 heterocycles. The van der Waals surface area contributed by atoms with E-state index in [-0.39, 0.29) is 23.6 Å². The summed E-state index contributed by atoms with van der Waals surface area (Å²) in [4.78, 5) is 50.7. The van der Waals surface area contributed by atoms with Gasteiger partial charge in [0.25, 0.3) is 11.8 Å². The topological polar surface area (TPSA) is 148 Å². The Morgan fingerprint density at radius 3 is 2.30 bits per heavy atom. The summed E-state index contributed by atoms with van der Waals surface area (Å²) in [7, 11) is 1.86. The molecule has 13 heteroatoms. The molecular formula is C33H32ClN9O3. The Morgan fingerprint density at radius 1 is 0.804 bits per heavy atom. The van der Waals surface area contributed by atoms with Crippen LogP contribution in [0.4, 0.5) is 17.2 Å². The highest BCUT2D eigenvalue weighted by molar-refractivity contribution is 6.29. The molecule has 5 aromatic heterocycles. The largest absolute Gasteiger partial charge is 0.456 e. The van der Waals surface area contributed by atoms with Crippen molar-refractivity contribution in [3.8, 4) is 11.5 Å². The van der Waals surface area contributed by atoms with Crippen LogP contribution >= 0.6 is 11.6 Å². The van der Waals surface area contributed by atoms with Gasteiger partial charge in [-0.3, -0.25) is 24.5 Å². The van der Waals surface area contributed by atoms with Crippen molar-refractivity contribution >= 4 is 40.6 Å². The lowest BCUT2D eigenvalue weighted by Gasteiger charge is -2.22. The van der Waals surface area contributed by atoms with Gasteiger partial charge in [0.15, 0.2) is 0 Å². The van der Waals surface area contributed by atoms with Crippen molar-refractivity contribution in [2.75, 3.05) is 17.3 Å². The fourth-order valence-corrected chi connectivity index (χ4v) is 4.84. The molecule has 0 radical (unpaired) electrons. The summed E-state index contributed by atoms with van der Waals surface area (Å²) in [6.45, 7) is 0. The molecule has 0 aromatic carbocycles. The Morgan fingerprint density at radius 2 is 1.57 bits per heavy atom. The third kappa shape index (κ3) is 9.26. The van der Waals surface area contributed by atoms with Gasteiger partial charge in [0.1, 0.15) is 40.2 Å². The Kier molecular flexibility index (Phi) is 11.1. The van der Waals surface area contributed by atoms with Gasteiger partial charge in [0, 0.05) is 43.4 Å². The van der Waals surface area contributed by atoms with E-state index in [4.69, 9.17) is 16.3 Å². The van der Waals surface area contributed by atoms with Gasteiger partial charge in [-0.2, -0.15) is 0 Å². The average molecular weight is 638 g/mol. The van der Waals surface area contributed by atoms with Crippen molar-refractivity contribution in [2.45, 2.75) is 38.1 Å². The van der Waals surface area contributed by atoms with Crippen molar-refractivity contribution in [1.29, 1.82) is 0 Å². The number of hydrogen-bond donors (Lipinski definition) is 2. The SMILES string of the molecule is CN(c1cncnc1)c1ccnc(C(=O)Nc2cccc(Cl)n2)c1.O=C(NC1CCCCC1)c1cc(Oc2cccnc2)ccn1. The third-order valence-electron chi connectivity index (χ3n) is 7.03. The van der Waals surface area contributed by atoms with Gasteiger partial charge >= 0.3 is 0 Å². The van der Waals surface area contributed by atoms with Crippen LogP contribution in [0.25, 0.3) is 0 Å². The van der Waals surface area contributed by atoms with Crippen LogP contribution in [-0.4, -0.2) is 54.8 Å². The van der Waals surface area contributed by atoms with Gasteiger partial charge in [-0.1, -0.05) is 36.9 Å². The van der Waals surface area contributed by atoms with E-state index in [0.717, 1.165) is 24.2 Å². The fourth-order valence-electron chi connectivity index (χ4n) is 4.67. The zero-order valence-electron chi connectivity index (χ0n) is 25.1. The number of anilines is 3. The number of nitrogens with zero attached hydrogens (tertiary/aromatic N) is 7. The van der Waals surface area contributed by atoms with E-state index >= 15 is 0 Å². The van der Waals surface area contributed by atoms with E-state index < -0.39 is 0 Å². The summed E-state index contributed by atoms with van der Waals surface area (Å²) in [5.41, 5.74) is 2.22. The number of carbonyl (C=O) groups excluding carboxylic acids is 2. The molecule has 234 valence electrons. The molecule has 1 fully saturated rings. The summed E-state index contributed by atoms with van der Waals surface area (Å²) in [6, 6.07) is 15.7. The standard InChI is InChI=1S/C17H19N3O2.C16H13ClN6O/c21-17(20-13-5-2-1-3-6-13)16-11-14(8-10-19-16)22-15-7-4-9-18-12-15;1-23(12-8-18-10-19-9-12)11-5-6-20-13(7-11)16(24)22-15-4-2-3-14(17)21-15/h4,7-13H,1-3,5-6H2,(H,20,21);2-10H,1H3,(H,21,22,24). The Labute approximate surface area is 271 Å². The molecule has 2 amide bonds. The molecule has 46 heavy (non-hydrogen) atoms. The van der Waals surface area contributed by atoms with Gasteiger partial charge in [-0.25, -0.2) is 15.0 Å². The number of aromatic nitrogens is 6. The zero-order chi connectivity index (χ0) is 32.1.